The number of aliphatic hydroxyl groups excluding tert-OH is 2. The first-order valence-electron chi connectivity index (χ1n) is 14.5. The summed E-state index contributed by atoms with van der Waals surface area (Å²) in [5.74, 6) is -2.48. The van der Waals surface area contributed by atoms with Gasteiger partial charge in [-0.05, 0) is 12.8 Å². The van der Waals surface area contributed by atoms with Crippen molar-refractivity contribution in [3.63, 3.8) is 0 Å². The summed E-state index contributed by atoms with van der Waals surface area (Å²) in [6.45, 7) is 0.333. The quantitative estimate of drug-likeness (QED) is 0.101. The molecule has 36 heavy (non-hydrogen) atoms. The molecule has 1 aliphatic rings. The Labute approximate surface area is 218 Å². The molecule has 3 N–H and O–H groups in total. The molecule has 0 saturated heterocycles. The number of carbonyl (C=O) groups is 3. The van der Waals surface area contributed by atoms with Crippen LogP contribution in [0, 0.1) is 0 Å². The molecule has 1 aliphatic heterocycles. The number of carbonyl (C=O) groups excluding carboxylic acids is 2. The van der Waals surface area contributed by atoms with Crippen molar-refractivity contribution in [2.75, 3.05) is 13.7 Å². The Kier molecular flexibility index (Phi) is 18.0. The third-order valence-electron chi connectivity index (χ3n) is 7.28. The van der Waals surface area contributed by atoms with Crippen LogP contribution in [0.2, 0.25) is 0 Å². The Bertz CT molecular complexity index is 675. The van der Waals surface area contributed by atoms with Gasteiger partial charge < -0.3 is 20.2 Å². The van der Waals surface area contributed by atoms with Crippen molar-refractivity contribution in [2.24, 2.45) is 0 Å². The average Bonchev–Trinajstić information content (AvgIpc) is 3.05. The van der Waals surface area contributed by atoms with Gasteiger partial charge in [-0.25, -0.2) is 0 Å². The van der Waals surface area contributed by atoms with Gasteiger partial charge in [0.05, 0.1) is 6.42 Å². The van der Waals surface area contributed by atoms with Crippen molar-refractivity contribution in [1.29, 1.82) is 0 Å². The van der Waals surface area contributed by atoms with Crippen LogP contribution in [0.5, 0.6) is 0 Å². The fraction of sp³-hybridized carbons (Fsp3) is 0.828. The van der Waals surface area contributed by atoms with Crippen LogP contribution in [0.4, 0.5) is 0 Å². The van der Waals surface area contributed by atoms with E-state index in [-0.39, 0.29) is 17.8 Å². The third kappa shape index (κ3) is 13.4. The van der Waals surface area contributed by atoms with E-state index in [0.717, 1.165) is 30.6 Å². The molecule has 0 bridgehead atoms. The highest BCUT2D eigenvalue weighted by molar-refractivity contribution is 6.21. The number of hydrogen-bond donors (Lipinski definition) is 3. The van der Waals surface area contributed by atoms with E-state index < -0.39 is 30.1 Å². The molecule has 0 radical (unpaired) electrons. The minimum atomic E-state index is -1.12. The van der Waals surface area contributed by atoms with Gasteiger partial charge in [0.1, 0.15) is 17.4 Å². The molecule has 0 fully saturated rings. The monoisotopic (exact) mass is 509 g/mol. The lowest BCUT2D eigenvalue weighted by atomic mass is 10.0. The maximum atomic E-state index is 12.4. The zero-order valence-electron chi connectivity index (χ0n) is 22.6. The fourth-order valence-corrected chi connectivity index (χ4v) is 4.97. The molecule has 0 aromatic rings. The maximum Gasteiger partial charge on any atom is 0.305 e. The third-order valence-corrected chi connectivity index (χ3v) is 7.28. The molecule has 0 spiro atoms. The van der Waals surface area contributed by atoms with Crippen molar-refractivity contribution < 1.29 is 29.7 Å². The number of Topliss-reactive ketones (excluding diaryl/α,β-unsaturated/α-hetero) is 1. The van der Waals surface area contributed by atoms with Crippen LogP contribution in [0.1, 0.15) is 135 Å². The summed E-state index contributed by atoms with van der Waals surface area (Å²) in [6, 6.07) is -0.947. The highest BCUT2D eigenvalue weighted by Gasteiger charge is 2.41. The summed E-state index contributed by atoms with van der Waals surface area (Å²) in [5, 5.41) is 27.9. The lowest BCUT2D eigenvalue weighted by Gasteiger charge is -2.18. The lowest BCUT2D eigenvalue weighted by molar-refractivity contribution is -0.138. The molecule has 0 aliphatic carbocycles. The van der Waals surface area contributed by atoms with E-state index in [0.29, 0.717) is 13.0 Å². The number of carboxylic acid groups (broad SMARTS) is 1. The van der Waals surface area contributed by atoms with Crippen LogP contribution in [0.25, 0.3) is 0 Å². The van der Waals surface area contributed by atoms with Crippen LogP contribution in [0.3, 0.4) is 0 Å². The molecular weight excluding hydrogens is 458 g/mol. The van der Waals surface area contributed by atoms with Crippen molar-refractivity contribution in [3.8, 4) is 0 Å². The number of amides is 1. The van der Waals surface area contributed by atoms with Gasteiger partial charge in [-0.1, -0.05) is 109 Å². The number of hydrogen-bond acceptors (Lipinski definition) is 5. The summed E-state index contributed by atoms with van der Waals surface area (Å²) >= 11 is 0. The van der Waals surface area contributed by atoms with E-state index in [1.54, 1.807) is 0 Å². The number of aliphatic hydroxyl groups is 2. The van der Waals surface area contributed by atoms with Gasteiger partial charge in [0.15, 0.2) is 5.78 Å². The van der Waals surface area contributed by atoms with E-state index in [1.807, 2.05) is 0 Å². The Morgan fingerprint density at radius 1 is 0.694 bits per heavy atom. The number of nitrogens with zero attached hydrogens (tertiary/aromatic N) is 1. The predicted molar refractivity (Wildman–Crippen MR) is 143 cm³/mol. The van der Waals surface area contributed by atoms with Crippen LogP contribution >= 0.6 is 0 Å². The second kappa shape index (κ2) is 20.2. The summed E-state index contributed by atoms with van der Waals surface area (Å²) < 4.78 is 0. The minimum absolute atomic E-state index is 0.212. The van der Waals surface area contributed by atoms with Crippen LogP contribution in [-0.2, 0) is 14.4 Å². The molecule has 208 valence electrons. The molecule has 0 saturated carbocycles. The molecule has 0 aromatic heterocycles. The second-order valence-electron chi connectivity index (χ2n) is 10.4. The number of carboxylic acids is 1. The van der Waals surface area contributed by atoms with Gasteiger partial charge in [-0.2, -0.15) is 0 Å². The largest absolute Gasteiger partial charge is 0.509 e. The van der Waals surface area contributed by atoms with E-state index in [1.165, 1.54) is 96.9 Å². The van der Waals surface area contributed by atoms with E-state index in [4.69, 9.17) is 10.2 Å². The first-order chi connectivity index (χ1) is 17.4. The molecule has 1 atom stereocenters. The summed E-state index contributed by atoms with van der Waals surface area (Å²) in [5.41, 5.74) is -0.228. The van der Waals surface area contributed by atoms with Gasteiger partial charge in [-0.3, -0.25) is 14.4 Å². The first-order valence-corrected chi connectivity index (χ1v) is 14.5. The standard InChI is InChI=1S/C29H51NO6/c1-30-24(23-26(33)34)28(35)27(29(30)36)25(32)21-19-17-15-13-11-9-7-5-3-2-4-6-8-10-12-14-16-18-20-22-31/h24,31,35H,2-23H2,1H3,(H,33,34). The highest BCUT2D eigenvalue weighted by Crippen LogP contribution is 2.27. The van der Waals surface area contributed by atoms with E-state index in [9.17, 15) is 19.5 Å². The van der Waals surface area contributed by atoms with Gasteiger partial charge >= 0.3 is 5.97 Å². The van der Waals surface area contributed by atoms with Crippen molar-refractivity contribution in [1.82, 2.24) is 4.90 Å². The molecular formula is C29H51NO6. The Hall–Kier alpha value is -1.89. The second-order valence-corrected chi connectivity index (χ2v) is 10.4. The topological polar surface area (TPSA) is 115 Å². The maximum absolute atomic E-state index is 12.4. The first kappa shape index (κ1) is 32.1. The van der Waals surface area contributed by atoms with E-state index in [2.05, 4.69) is 0 Å². The van der Waals surface area contributed by atoms with Gasteiger partial charge in [-0.15, -0.1) is 0 Å². The highest BCUT2D eigenvalue weighted by atomic mass is 16.4. The summed E-state index contributed by atoms with van der Waals surface area (Å²) in [6.07, 6.45) is 22.9. The average molecular weight is 510 g/mol. The Morgan fingerprint density at radius 3 is 1.42 bits per heavy atom. The fourth-order valence-electron chi connectivity index (χ4n) is 4.97. The van der Waals surface area contributed by atoms with Crippen LogP contribution in [-0.4, -0.2) is 57.6 Å². The molecule has 1 unspecified atom stereocenters. The molecule has 1 rings (SSSR count). The predicted octanol–water partition coefficient (Wildman–Crippen LogP) is 6.48. The molecule has 7 heteroatoms. The van der Waals surface area contributed by atoms with Gasteiger partial charge in [0, 0.05) is 20.1 Å². The number of ketones is 1. The summed E-state index contributed by atoms with van der Waals surface area (Å²) in [7, 11) is 1.42. The molecule has 7 nitrogen and oxygen atoms in total. The lowest BCUT2D eigenvalue weighted by Crippen LogP contribution is -2.34. The van der Waals surface area contributed by atoms with E-state index >= 15 is 0 Å². The molecule has 1 heterocycles. The Morgan fingerprint density at radius 2 is 1.06 bits per heavy atom. The number of likely N-dealkylation sites (N-methyl/N-ethyl adjacent to an activating group) is 1. The van der Waals surface area contributed by atoms with Gasteiger partial charge in [0.25, 0.3) is 5.91 Å². The van der Waals surface area contributed by atoms with Crippen molar-refractivity contribution in [2.45, 2.75) is 141 Å². The van der Waals surface area contributed by atoms with Crippen LogP contribution < -0.4 is 0 Å². The van der Waals surface area contributed by atoms with Crippen molar-refractivity contribution in [3.05, 3.63) is 11.3 Å². The number of unbranched alkanes of at least 4 members (excludes halogenated alkanes) is 18. The number of aliphatic carboxylic acids is 1. The van der Waals surface area contributed by atoms with Gasteiger partial charge in [0.2, 0.25) is 0 Å². The van der Waals surface area contributed by atoms with Crippen LogP contribution in [0.15, 0.2) is 11.3 Å². The Balaban J connectivity index is 1.93. The molecule has 1 amide bonds. The normalized spacial score (nSPS) is 15.8. The zero-order chi connectivity index (χ0) is 26.6. The molecule has 0 aromatic carbocycles. The summed E-state index contributed by atoms with van der Waals surface area (Å²) in [4.78, 5) is 36.7. The smallest absolute Gasteiger partial charge is 0.305 e. The SMILES string of the molecule is CN1C(=O)C(C(=O)CCCCCCCCCCCCCCCCCCCCCO)=C(O)C1CC(=O)O. The number of rotatable bonds is 24. The van der Waals surface area contributed by atoms with Crippen molar-refractivity contribution >= 4 is 17.7 Å². The minimum Gasteiger partial charge on any atom is -0.509 e. The zero-order valence-corrected chi connectivity index (χ0v) is 22.6.